The fourth-order valence-electron chi connectivity index (χ4n) is 2.26. The first-order chi connectivity index (χ1) is 12.5. The highest BCUT2D eigenvalue weighted by Gasteiger charge is 2.12. The van der Waals surface area contributed by atoms with E-state index in [1.807, 2.05) is 24.3 Å². The summed E-state index contributed by atoms with van der Waals surface area (Å²) in [6.45, 7) is 0. The molecule has 3 rings (SSSR count). The van der Waals surface area contributed by atoms with Gasteiger partial charge in [-0.05, 0) is 42.5 Å². The fourth-order valence-corrected chi connectivity index (χ4v) is 3.06. The van der Waals surface area contributed by atoms with Crippen LogP contribution in [0.5, 0.6) is 5.75 Å². The molecular formula is C18H16N4O3S. The molecule has 0 saturated heterocycles. The number of rotatable bonds is 5. The van der Waals surface area contributed by atoms with E-state index >= 15 is 0 Å². The highest BCUT2D eigenvalue weighted by molar-refractivity contribution is 7.13. The Balaban J connectivity index is 1.72. The molecule has 4 N–H and O–H groups in total. The number of hydrogen-bond donors (Lipinski definition) is 3. The molecule has 0 saturated carbocycles. The molecule has 3 aromatic rings. The number of ether oxygens (including phenoxy) is 1. The SMILES string of the molecule is COc1ccc(-c2nc(C(=O)Nc3cccc(NC(N)=O)c3)cs2)cc1. The molecule has 0 fully saturated rings. The zero-order chi connectivity index (χ0) is 18.5. The summed E-state index contributed by atoms with van der Waals surface area (Å²) in [6, 6.07) is 13.5. The number of primary amides is 1. The third-order valence-corrected chi connectivity index (χ3v) is 4.35. The van der Waals surface area contributed by atoms with E-state index in [-0.39, 0.29) is 5.91 Å². The minimum atomic E-state index is -0.669. The molecule has 0 atom stereocenters. The first-order valence-electron chi connectivity index (χ1n) is 7.63. The minimum absolute atomic E-state index is 0.314. The number of anilines is 2. The number of urea groups is 1. The van der Waals surface area contributed by atoms with Crippen molar-refractivity contribution >= 4 is 34.6 Å². The van der Waals surface area contributed by atoms with E-state index in [2.05, 4.69) is 15.6 Å². The molecule has 132 valence electrons. The van der Waals surface area contributed by atoms with Crippen LogP contribution in [0.4, 0.5) is 16.2 Å². The highest BCUT2D eigenvalue weighted by Crippen LogP contribution is 2.26. The van der Waals surface area contributed by atoms with Crippen molar-refractivity contribution in [3.8, 4) is 16.3 Å². The molecule has 3 amide bonds. The van der Waals surface area contributed by atoms with E-state index in [0.717, 1.165) is 16.3 Å². The van der Waals surface area contributed by atoms with Crippen LogP contribution in [0.1, 0.15) is 10.5 Å². The number of aromatic nitrogens is 1. The summed E-state index contributed by atoms with van der Waals surface area (Å²) in [5, 5.41) is 7.64. The van der Waals surface area contributed by atoms with Gasteiger partial charge in [-0.1, -0.05) is 6.07 Å². The van der Waals surface area contributed by atoms with Crippen molar-refractivity contribution in [2.45, 2.75) is 0 Å². The van der Waals surface area contributed by atoms with Crippen molar-refractivity contribution in [2.75, 3.05) is 17.7 Å². The van der Waals surface area contributed by atoms with Gasteiger partial charge < -0.3 is 21.1 Å². The van der Waals surface area contributed by atoms with Crippen LogP contribution in [0, 0.1) is 0 Å². The smallest absolute Gasteiger partial charge is 0.316 e. The minimum Gasteiger partial charge on any atom is -0.497 e. The maximum Gasteiger partial charge on any atom is 0.316 e. The molecule has 0 spiro atoms. The quantitative estimate of drug-likeness (QED) is 0.640. The number of nitrogens with two attached hydrogens (primary N) is 1. The lowest BCUT2D eigenvalue weighted by Crippen LogP contribution is -2.19. The van der Waals surface area contributed by atoms with E-state index in [9.17, 15) is 9.59 Å². The van der Waals surface area contributed by atoms with Gasteiger partial charge in [0.1, 0.15) is 16.5 Å². The van der Waals surface area contributed by atoms with E-state index in [1.54, 1.807) is 36.8 Å². The zero-order valence-corrected chi connectivity index (χ0v) is 14.7. The standard InChI is InChI=1S/C18H16N4O3S/c1-25-14-7-5-11(6-8-14)17-22-15(10-26-17)16(23)20-12-3-2-4-13(9-12)21-18(19)24/h2-10H,1H3,(H,20,23)(H3,19,21,24). The van der Waals surface area contributed by atoms with Gasteiger partial charge in [-0.3, -0.25) is 4.79 Å². The molecule has 1 aromatic heterocycles. The molecule has 0 radical (unpaired) electrons. The van der Waals surface area contributed by atoms with E-state index < -0.39 is 6.03 Å². The molecule has 0 aliphatic rings. The predicted octanol–water partition coefficient (Wildman–Crippen LogP) is 3.56. The van der Waals surface area contributed by atoms with Crippen LogP contribution in [0.15, 0.2) is 53.9 Å². The third-order valence-electron chi connectivity index (χ3n) is 3.46. The third kappa shape index (κ3) is 4.17. The van der Waals surface area contributed by atoms with Gasteiger partial charge in [-0.25, -0.2) is 9.78 Å². The van der Waals surface area contributed by atoms with Gasteiger partial charge in [0.15, 0.2) is 0 Å². The fraction of sp³-hybridized carbons (Fsp3) is 0.0556. The Kier molecular flexibility index (Phi) is 5.14. The Labute approximate surface area is 153 Å². The second-order valence-corrected chi connectivity index (χ2v) is 6.15. The maximum absolute atomic E-state index is 12.4. The van der Waals surface area contributed by atoms with Crippen LogP contribution in [0.25, 0.3) is 10.6 Å². The zero-order valence-electron chi connectivity index (χ0n) is 13.9. The van der Waals surface area contributed by atoms with E-state index in [1.165, 1.54) is 11.3 Å². The molecule has 1 heterocycles. The average Bonchev–Trinajstić information content (AvgIpc) is 3.12. The van der Waals surface area contributed by atoms with Crippen molar-refractivity contribution in [3.63, 3.8) is 0 Å². The van der Waals surface area contributed by atoms with Gasteiger partial charge in [0.25, 0.3) is 5.91 Å². The largest absolute Gasteiger partial charge is 0.497 e. The van der Waals surface area contributed by atoms with Crippen molar-refractivity contribution in [2.24, 2.45) is 5.73 Å². The van der Waals surface area contributed by atoms with Gasteiger partial charge in [0.2, 0.25) is 0 Å². The first kappa shape index (κ1) is 17.4. The second-order valence-electron chi connectivity index (χ2n) is 5.29. The molecule has 0 bridgehead atoms. The predicted molar refractivity (Wildman–Crippen MR) is 102 cm³/mol. The van der Waals surface area contributed by atoms with E-state index in [4.69, 9.17) is 10.5 Å². The van der Waals surface area contributed by atoms with Crippen LogP contribution in [0.3, 0.4) is 0 Å². The lowest BCUT2D eigenvalue weighted by Gasteiger charge is -2.06. The van der Waals surface area contributed by atoms with E-state index in [0.29, 0.717) is 17.1 Å². The van der Waals surface area contributed by atoms with Crippen LogP contribution in [0.2, 0.25) is 0 Å². The number of methoxy groups -OCH3 is 1. The molecule has 8 heteroatoms. The lowest BCUT2D eigenvalue weighted by molar-refractivity contribution is 0.102. The monoisotopic (exact) mass is 368 g/mol. The Morgan fingerprint density at radius 1 is 1.08 bits per heavy atom. The molecular weight excluding hydrogens is 352 g/mol. The van der Waals surface area contributed by atoms with Crippen LogP contribution in [-0.4, -0.2) is 24.0 Å². The second kappa shape index (κ2) is 7.66. The van der Waals surface area contributed by atoms with Gasteiger partial charge in [0.05, 0.1) is 7.11 Å². The first-order valence-corrected chi connectivity index (χ1v) is 8.51. The average molecular weight is 368 g/mol. The molecule has 0 aliphatic carbocycles. The topological polar surface area (TPSA) is 106 Å². The van der Waals surface area contributed by atoms with Crippen molar-refractivity contribution < 1.29 is 14.3 Å². The van der Waals surface area contributed by atoms with Crippen molar-refractivity contribution in [1.29, 1.82) is 0 Å². The molecule has 26 heavy (non-hydrogen) atoms. The number of thiazole rings is 1. The number of carbonyl (C=O) groups excluding carboxylic acids is 2. The van der Waals surface area contributed by atoms with Gasteiger partial charge in [-0.2, -0.15) is 0 Å². The summed E-state index contributed by atoms with van der Waals surface area (Å²) < 4.78 is 5.13. The Hall–Kier alpha value is -3.39. The van der Waals surface area contributed by atoms with Crippen LogP contribution >= 0.6 is 11.3 Å². The van der Waals surface area contributed by atoms with Crippen molar-refractivity contribution in [1.82, 2.24) is 4.98 Å². The summed E-state index contributed by atoms with van der Waals surface area (Å²) in [4.78, 5) is 27.7. The number of benzene rings is 2. The molecule has 2 aromatic carbocycles. The van der Waals surface area contributed by atoms with Crippen LogP contribution < -0.4 is 21.1 Å². The normalized spacial score (nSPS) is 10.2. The van der Waals surface area contributed by atoms with Crippen LogP contribution in [-0.2, 0) is 0 Å². The Morgan fingerprint density at radius 3 is 2.42 bits per heavy atom. The summed E-state index contributed by atoms with van der Waals surface area (Å²) in [5.41, 5.74) is 7.33. The van der Waals surface area contributed by atoms with Gasteiger partial charge in [0, 0.05) is 22.3 Å². The summed E-state index contributed by atoms with van der Waals surface area (Å²) in [6.07, 6.45) is 0. The Bertz CT molecular complexity index is 938. The molecule has 0 aliphatic heterocycles. The lowest BCUT2D eigenvalue weighted by atomic mass is 10.2. The molecule has 7 nitrogen and oxygen atoms in total. The number of carbonyl (C=O) groups is 2. The summed E-state index contributed by atoms with van der Waals surface area (Å²) >= 11 is 1.38. The Morgan fingerprint density at radius 2 is 1.77 bits per heavy atom. The number of nitrogens with one attached hydrogen (secondary N) is 2. The number of nitrogens with zero attached hydrogens (tertiary/aromatic N) is 1. The van der Waals surface area contributed by atoms with Crippen molar-refractivity contribution in [3.05, 3.63) is 59.6 Å². The molecule has 0 unspecified atom stereocenters. The maximum atomic E-state index is 12.4. The number of hydrogen-bond acceptors (Lipinski definition) is 5. The van der Waals surface area contributed by atoms with Gasteiger partial charge >= 0.3 is 6.03 Å². The highest BCUT2D eigenvalue weighted by atomic mass is 32.1. The number of amides is 3. The summed E-state index contributed by atoms with van der Waals surface area (Å²) in [7, 11) is 1.61. The van der Waals surface area contributed by atoms with Gasteiger partial charge in [-0.15, -0.1) is 11.3 Å². The summed E-state index contributed by atoms with van der Waals surface area (Å²) in [5.74, 6) is 0.421.